The third kappa shape index (κ3) is 6.07. The molecule has 7 nitrogen and oxygen atoms in total. The van der Waals surface area contributed by atoms with Crippen LogP contribution in [0.5, 0.6) is 11.5 Å². The molecule has 192 valence electrons. The van der Waals surface area contributed by atoms with E-state index in [2.05, 4.69) is 15.3 Å². The Morgan fingerprint density at radius 3 is 2.18 bits per heavy atom. The van der Waals surface area contributed by atoms with Crippen molar-refractivity contribution >= 4 is 34.1 Å². The van der Waals surface area contributed by atoms with Crippen LogP contribution in [0.3, 0.4) is 0 Å². The van der Waals surface area contributed by atoms with Crippen LogP contribution in [0.15, 0.2) is 89.4 Å². The van der Waals surface area contributed by atoms with Crippen molar-refractivity contribution in [1.29, 1.82) is 0 Å². The second kappa shape index (κ2) is 12.0. The number of benzene rings is 3. The summed E-state index contributed by atoms with van der Waals surface area (Å²) in [4.78, 5) is 25.4. The molecule has 1 amide bonds. The predicted molar refractivity (Wildman–Crippen MR) is 154 cm³/mol. The number of H-pyrrole nitrogens is 1. The molecule has 2 N–H and O–H groups in total. The Labute approximate surface area is 229 Å². The number of nitrogens with zero attached hydrogens (tertiary/aromatic N) is 2. The number of hydrogen-bond acceptors (Lipinski definition) is 7. The van der Waals surface area contributed by atoms with Crippen LogP contribution < -0.4 is 14.8 Å². The number of aromatic amines is 1. The van der Waals surface area contributed by atoms with E-state index in [0.29, 0.717) is 17.3 Å². The van der Waals surface area contributed by atoms with E-state index in [4.69, 9.17) is 14.5 Å². The van der Waals surface area contributed by atoms with E-state index >= 15 is 0 Å². The van der Waals surface area contributed by atoms with Crippen LogP contribution in [0.2, 0.25) is 0 Å². The van der Waals surface area contributed by atoms with Crippen LogP contribution in [0.25, 0.3) is 33.8 Å². The van der Waals surface area contributed by atoms with Crippen molar-refractivity contribution in [3.63, 3.8) is 0 Å². The maximum absolute atomic E-state index is 12.6. The molecule has 3 aromatic carbocycles. The molecule has 0 saturated carbocycles. The summed E-state index contributed by atoms with van der Waals surface area (Å²) in [7, 11) is 3.30. The van der Waals surface area contributed by atoms with Crippen LogP contribution >= 0.6 is 23.1 Å². The van der Waals surface area contributed by atoms with Gasteiger partial charge in [-0.1, -0.05) is 42.1 Å². The first-order chi connectivity index (χ1) is 18.6. The van der Waals surface area contributed by atoms with Crippen molar-refractivity contribution in [2.24, 2.45) is 0 Å². The molecule has 9 heteroatoms. The number of nitrogens with one attached hydrogen (secondary N) is 2. The molecule has 5 rings (SSSR count). The fraction of sp³-hybridized carbons (Fsp3) is 0.138. The summed E-state index contributed by atoms with van der Waals surface area (Å²) in [5.74, 6) is 2.06. The molecule has 5 aromatic rings. The standard InChI is InChI=1S/C29H26N4O3S2/c1-35-22-12-8-20(9-13-22)26-27(21-10-14-23(36-2)15-11-21)33-29(32-26)37-17-16-25(34)31-28-30-24(18-38-28)19-6-4-3-5-7-19/h3-15,18H,16-17H2,1-2H3,(H,32,33)(H,30,31,34). The molecule has 0 atom stereocenters. The Morgan fingerprint density at radius 1 is 0.868 bits per heavy atom. The Kier molecular flexibility index (Phi) is 8.06. The second-order valence-corrected chi connectivity index (χ2v) is 10.2. The molecule has 2 aromatic heterocycles. The summed E-state index contributed by atoms with van der Waals surface area (Å²) < 4.78 is 10.6. The molecule has 0 aliphatic carbocycles. The lowest BCUT2D eigenvalue weighted by molar-refractivity contribution is -0.115. The van der Waals surface area contributed by atoms with Crippen LogP contribution in [0.4, 0.5) is 5.13 Å². The molecule has 0 unspecified atom stereocenters. The number of aromatic nitrogens is 3. The first-order valence-electron chi connectivity index (χ1n) is 12.0. The van der Waals surface area contributed by atoms with Crippen molar-refractivity contribution in [3.05, 3.63) is 84.2 Å². The van der Waals surface area contributed by atoms with E-state index in [-0.39, 0.29) is 5.91 Å². The summed E-state index contributed by atoms with van der Waals surface area (Å²) in [5, 5.41) is 6.20. The normalized spacial score (nSPS) is 10.8. The zero-order valence-electron chi connectivity index (χ0n) is 20.9. The Morgan fingerprint density at radius 2 is 1.53 bits per heavy atom. The third-order valence-electron chi connectivity index (χ3n) is 5.81. The third-order valence-corrected chi connectivity index (χ3v) is 7.44. The molecule has 0 spiro atoms. The monoisotopic (exact) mass is 542 g/mol. The van der Waals surface area contributed by atoms with Gasteiger partial charge in [-0.25, -0.2) is 9.97 Å². The van der Waals surface area contributed by atoms with Gasteiger partial charge >= 0.3 is 0 Å². The molecular weight excluding hydrogens is 516 g/mol. The topological polar surface area (TPSA) is 89.1 Å². The number of rotatable bonds is 10. The minimum atomic E-state index is -0.0798. The zero-order valence-corrected chi connectivity index (χ0v) is 22.6. The number of thiazole rings is 1. The number of carbonyl (C=O) groups is 1. The molecule has 2 heterocycles. The van der Waals surface area contributed by atoms with E-state index in [1.54, 1.807) is 14.2 Å². The van der Waals surface area contributed by atoms with Crippen molar-refractivity contribution in [2.45, 2.75) is 11.6 Å². The largest absolute Gasteiger partial charge is 0.497 e. The number of thioether (sulfide) groups is 1. The van der Waals surface area contributed by atoms with Crippen LogP contribution in [0.1, 0.15) is 6.42 Å². The number of carbonyl (C=O) groups excluding carboxylic acids is 1. The SMILES string of the molecule is COc1ccc(-c2nc(SCCC(=O)Nc3nc(-c4ccccc4)cs3)[nH]c2-c2ccc(OC)cc2)cc1. The van der Waals surface area contributed by atoms with Crippen molar-refractivity contribution < 1.29 is 14.3 Å². The van der Waals surface area contributed by atoms with Gasteiger partial charge in [0.05, 0.1) is 31.3 Å². The predicted octanol–water partition coefficient (Wildman–Crippen LogP) is 7.01. The van der Waals surface area contributed by atoms with Crippen molar-refractivity contribution in [3.8, 4) is 45.3 Å². The van der Waals surface area contributed by atoms with Gasteiger partial charge in [0.25, 0.3) is 0 Å². The number of hydrogen-bond donors (Lipinski definition) is 2. The van der Waals surface area contributed by atoms with Gasteiger partial charge in [0, 0.05) is 34.2 Å². The van der Waals surface area contributed by atoms with Crippen LogP contribution in [-0.4, -0.2) is 40.8 Å². The van der Waals surface area contributed by atoms with Gasteiger partial charge in [0.2, 0.25) is 5.91 Å². The molecule has 0 radical (unpaired) electrons. The summed E-state index contributed by atoms with van der Waals surface area (Å²) >= 11 is 2.93. The highest BCUT2D eigenvalue weighted by Crippen LogP contribution is 2.34. The number of amides is 1. The first kappa shape index (κ1) is 25.6. The number of methoxy groups -OCH3 is 2. The number of imidazole rings is 1. The van der Waals surface area contributed by atoms with E-state index in [1.807, 2.05) is 84.2 Å². The highest BCUT2D eigenvalue weighted by Gasteiger charge is 2.16. The lowest BCUT2D eigenvalue weighted by Crippen LogP contribution is -2.12. The molecule has 0 aliphatic rings. The minimum absolute atomic E-state index is 0.0798. The lowest BCUT2D eigenvalue weighted by Gasteiger charge is -2.06. The molecule has 0 aliphatic heterocycles. The summed E-state index contributed by atoms with van der Waals surface area (Å²) in [6.45, 7) is 0. The van der Waals surface area contributed by atoms with E-state index in [9.17, 15) is 4.79 Å². The second-order valence-electron chi connectivity index (χ2n) is 8.27. The van der Waals surface area contributed by atoms with Crippen LogP contribution in [0, 0.1) is 0 Å². The van der Waals surface area contributed by atoms with Gasteiger partial charge in [-0.05, 0) is 48.5 Å². The average Bonchev–Trinajstić information content (AvgIpc) is 3.61. The first-order valence-corrected chi connectivity index (χ1v) is 13.8. The maximum Gasteiger partial charge on any atom is 0.226 e. The molecule has 0 bridgehead atoms. The van der Waals surface area contributed by atoms with Gasteiger partial charge in [-0.3, -0.25) is 4.79 Å². The van der Waals surface area contributed by atoms with E-state index < -0.39 is 0 Å². The Balaban J connectivity index is 1.26. The lowest BCUT2D eigenvalue weighted by atomic mass is 10.0. The van der Waals surface area contributed by atoms with Crippen molar-refractivity contribution in [2.75, 3.05) is 25.3 Å². The minimum Gasteiger partial charge on any atom is -0.497 e. The molecule has 0 saturated heterocycles. The average molecular weight is 543 g/mol. The summed E-state index contributed by atoms with van der Waals surface area (Å²) in [5.41, 5.74) is 5.58. The molecule has 38 heavy (non-hydrogen) atoms. The summed E-state index contributed by atoms with van der Waals surface area (Å²) in [6, 6.07) is 25.6. The van der Waals surface area contributed by atoms with Gasteiger partial charge in [0.15, 0.2) is 10.3 Å². The Bertz CT molecular complexity index is 1430. The molecule has 0 fully saturated rings. The van der Waals surface area contributed by atoms with Gasteiger partial charge in [-0.15, -0.1) is 11.3 Å². The van der Waals surface area contributed by atoms with Crippen LogP contribution in [-0.2, 0) is 4.79 Å². The smallest absolute Gasteiger partial charge is 0.226 e. The quantitative estimate of drug-likeness (QED) is 0.185. The number of anilines is 1. The zero-order chi connectivity index (χ0) is 26.3. The molecular formula is C29H26N4O3S2. The Hall–Kier alpha value is -4.08. The maximum atomic E-state index is 12.6. The highest BCUT2D eigenvalue weighted by molar-refractivity contribution is 7.99. The van der Waals surface area contributed by atoms with Gasteiger partial charge in [-0.2, -0.15) is 0 Å². The highest BCUT2D eigenvalue weighted by atomic mass is 32.2. The summed E-state index contributed by atoms with van der Waals surface area (Å²) in [6.07, 6.45) is 0.335. The van der Waals surface area contributed by atoms with Gasteiger partial charge in [0.1, 0.15) is 11.5 Å². The van der Waals surface area contributed by atoms with Crippen molar-refractivity contribution in [1.82, 2.24) is 15.0 Å². The van der Waals surface area contributed by atoms with Gasteiger partial charge < -0.3 is 19.8 Å². The van der Waals surface area contributed by atoms with E-state index in [0.717, 1.165) is 50.4 Å². The van der Waals surface area contributed by atoms with E-state index in [1.165, 1.54) is 23.1 Å². The fourth-order valence-corrected chi connectivity index (χ4v) is 5.39. The fourth-order valence-electron chi connectivity index (χ4n) is 3.84. The number of ether oxygens (including phenoxy) is 2.